The summed E-state index contributed by atoms with van der Waals surface area (Å²) in [7, 11) is 1.62. The van der Waals surface area contributed by atoms with Gasteiger partial charge in [0, 0.05) is 50.4 Å². The second-order valence-corrected chi connectivity index (χ2v) is 8.89. The number of anilines is 1. The van der Waals surface area contributed by atoms with Crippen LogP contribution in [-0.2, 0) is 6.42 Å². The van der Waals surface area contributed by atoms with Crippen molar-refractivity contribution in [3.63, 3.8) is 0 Å². The van der Waals surface area contributed by atoms with E-state index in [4.69, 9.17) is 14.5 Å². The van der Waals surface area contributed by atoms with Crippen LogP contribution in [0.1, 0.15) is 22.6 Å². The molecule has 2 heterocycles. The fraction of sp³-hybridized carbons (Fsp3) is 0.407. The number of piperazine rings is 1. The van der Waals surface area contributed by atoms with Crippen LogP contribution >= 0.6 is 0 Å². The highest BCUT2D eigenvalue weighted by molar-refractivity contribution is 5.51. The number of benzene rings is 2. The third kappa shape index (κ3) is 6.68. The Morgan fingerprint density at radius 3 is 2.26 bits per heavy atom. The van der Waals surface area contributed by atoms with Crippen molar-refractivity contribution in [2.45, 2.75) is 26.4 Å². The van der Waals surface area contributed by atoms with Crippen LogP contribution in [-0.4, -0.2) is 72.5 Å². The monoisotopic (exact) mass is 480 g/mol. The van der Waals surface area contributed by atoms with E-state index in [1.807, 2.05) is 50.2 Å². The summed E-state index contributed by atoms with van der Waals surface area (Å²) in [5, 5.41) is 10.5. The Balaban J connectivity index is 1.33. The molecule has 3 aromatic rings. The number of β-amino-alcohol motifs (C(OH)–C–C–N with tert-alkyl or cyclic N) is 1. The quantitative estimate of drug-likeness (QED) is 0.503. The molecule has 0 aliphatic carbocycles. The Bertz CT molecular complexity index is 1100. The first-order valence-electron chi connectivity index (χ1n) is 11.9. The van der Waals surface area contributed by atoms with Gasteiger partial charge in [0.2, 0.25) is 0 Å². The molecule has 0 amide bonds. The maximum absolute atomic E-state index is 13.3. The lowest BCUT2D eigenvalue weighted by Gasteiger charge is -2.37. The lowest BCUT2D eigenvalue weighted by molar-refractivity contribution is 0.0662. The molecule has 2 aromatic carbocycles. The minimum Gasteiger partial charge on any atom is -0.497 e. The first-order chi connectivity index (χ1) is 16.9. The molecule has 0 spiro atoms. The van der Waals surface area contributed by atoms with Gasteiger partial charge in [-0.05, 0) is 55.8 Å². The fourth-order valence-corrected chi connectivity index (χ4v) is 4.35. The Labute approximate surface area is 206 Å². The van der Waals surface area contributed by atoms with Crippen LogP contribution in [0, 0.1) is 19.7 Å². The van der Waals surface area contributed by atoms with Gasteiger partial charge in [-0.2, -0.15) is 0 Å². The highest BCUT2D eigenvalue weighted by Gasteiger charge is 2.23. The number of halogens is 1. The number of hydrogen-bond donors (Lipinski definition) is 1. The van der Waals surface area contributed by atoms with Gasteiger partial charge in [0.1, 0.15) is 41.7 Å². The Morgan fingerprint density at radius 1 is 0.943 bits per heavy atom. The molecule has 1 aliphatic heterocycles. The summed E-state index contributed by atoms with van der Waals surface area (Å²) in [6, 6.07) is 13.9. The largest absolute Gasteiger partial charge is 0.497 e. The van der Waals surface area contributed by atoms with Gasteiger partial charge in [0.15, 0.2) is 0 Å². The normalized spacial score (nSPS) is 15.2. The molecule has 1 N–H and O–H groups in total. The van der Waals surface area contributed by atoms with E-state index >= 15 is 0 Å². The van der Waals surface area contributed by atoms with Gasteiger partial charge in [0.25, 0.3) is 0 Å². The number of aromatic nitrogens is 2. The van der Waals surface area contributed by atoms with E-state index in [0.717, 1.165) is 60.4 Å². The Hall–Kier alpha value is -3.23. The Morgan fingerprint density at radius 2 is 1.60 bits per heavy atom. The van der Waals surface area contributed by atoms with Gasteiger partial charge in [0.05, 0.1) is 7.11 Å². The first-order valence-corrected chi connectivity index (χ1v) is 11.9. The number of aryl methyl sites for hydroxylation is 2. The summed E-state index contributed by atoms with van der Waals surface area (Å²) in [6.07, 6.45) is 0.0739. The lowest BCUT2D eigenvalue weighted by atomic mass is 10.0. The van der Waals surface area contributed by atoms with E-state index < -0.39 is 6.10 Å². The third-order valence-corrected chi connectivity index (χ3v) is 6.24. The molecular formula is C27H33FN4O3. The van der Waals surface area contributed by atoms with E-state index in [9.17, 15) is 9.50 Å². The average Bonchev–Trinajstić information content (AvgIpc) is 2.86. The second-order valence-electron chi connectivity index (χ2n) is 8.89. The van der Waals surface area contributed by atoms with Crippen molar-refractivity contribution in [3.8, 4) is 11.5 Å². The number of aliphatic hydroxyl groups is 1. The molecule has 35 heavy (non-hydrogen) atoms. The standard InChI is InChI=1S/C27H33FN4O3/c1-19-26(16-21-4-6-22(28)7-5-21)27(30-20(2)29-19)32-14-12-31(13-15-32)17-23(33)18-35-25-10-8-24(34-3)9-11-25/h4-11,23,33H,12-18H2,1-3H3. The van der Waals surface area contributed by atoms with Gasteiger partial charge in [-0.1, -0.05) is 12.1 Å². The molecule has 1 atom stereocenters. The van der Waals surface area contributed by atoms with Crippen molar-refractivity contribution in [3.05, 3.63) is 77.0 Å². The highest BCUT2D eigenvalue weighted by Crippen LogP contribution is 2.25. The molecule has 1 unspecified atom stereocenters. The highest BCUT2D eigenvalue weighted by atomic mass is 19.1. The maximum Gasteiger partial charge on any atom is 0.136 e. The summed E-state index contributed by atoms with van der Waals surface area (Å²) in [5.41, 5.74) is 3.05. The van der Waals surface area contributed by atoms with E-state index in [2.05, 4.69) is 14.8 Å². The number of hydrogen-bond acceptors (Lipinski definition) is 7. The van der Waals surface area contributed by atoms with Crippen molar-refractivity contribution in [2.75, 3.05) is 51.3 Å². The number of nitrogens with zero attached hydrogens (tertiary/aromatic N) is 4. The number of rotatable bonds is 9. The van der Waals surface area contributed by atoms with E-state index in [1.54, 1.807) is 7.11 Å². The van der Waals surface area contributed by atoms with Crippen molar-refractivity contribution in [1.29, 1.82) is 0 Å². The van der Waals surface area contributed by atoms with Crippen LogP contribution in [0.3, 0.4) is 0 Å². The molecule has 0 radical (unpaired) electrons. The van der Waals surface area contributed by atoms with Crippen LogP contribution in [0.5, 0.6) is 11.5 Å². The van der Waals surface area contributed by atoms with Crippen LogP contribution < -0.4 is 14.4 Å². The SMILES string of the molecule is COc1ccc(OCC(O)CN2CCN(c3nc(C)nc(C)c3Cc3ccc(F)cc3)CC2)cc1. The van der Waals surface area contributed by atoms with Crippen LogP contribution in [0.25, 0.3) is 0 Å². The molecule has 0 bridgehead atoms. The molecule has 8 heteroatoms. The van der Waals surface area contributed by atoms with Crippen LogP contribution in [0.15, 0.2) is 48.5 Å². The van der Waals surface area contributed by atoms with Crippen molar-refractivity contribution in [2.24, 2.45) is 0 Å². The van der Waals surface area contributed by atoms with Gasteiger partial charge in [-0.3, -0.25) is 4.90 Å². The topological polar surface area (TPSA) is 71.0 Å². The zero-order valence-corrected chi connectivity index (χ0v) is 20.6. The molecule has 1 fully saturated rings. The smallest absolute Gasteiger partial charge is 0.136 e. The average molecular weight is 481 g/mol. The molecular weight excluding hydrogens is 447 g/mol. The maximum atomic E-state index is 13.3. The minimum atomic E-state index is -0.582. The molecule has 7 nitrogen and oxygen atoms in total. The summed E-state index contributed by atoms with van der Waals surface area (Å²) in [5.74, 6) is 2.93. The van der Waals surface area contributed by atoms with E-state index in [0.29, 0.717) is 18.7 Å². The number of aliphatic hydroxyl groups excluding tert-OH is 1. The summed E-state index contributed by atoms with van der Waals surface area (Å²) >= 11 is 0. The lowest BCUT2D eigenvalue weighted by Crippen LogP contribution is -2.49. The van der Waals surface area contributed by atoms with Gasteiger partial charge in [-0.15, -0.1) is 0 Å². The molecule has 4 rings (SSSR count). The minimum absolute atomic E-state index is 0.235. The summed E-state index contributed by atoms with van der Waals surface area (Å²) < 4.78 is 24.2. The molecule has 0 saturated carbocycles. The molecule has 1 aromatic heterocycles. The summed E-state index contributed by atoms with van der Waals surface area (Å²) in [4.78, 5) is 13.9. The van der Waals surface area contributed by atoms with Crippen molar-refractivity contribution in [1.82, 2.24) is 14.9 Å². The van der Waals surface area contributed by atoms with Gasteiger partial charge < -0.3 is 19.5 Å². The van der Waals surface area contributed by atoms with Crippen molar-refractivity contribution >= 4 is 5.82 Å². The Kier molecular flexibility index (Phi) is 8.15. The second kappa shape index (κ2) is 11.5. The third-order valence-electron chi connectivity index (χ3n) is 6.24. The van der Waals surface area contributed by atoms with E-state index in [1.165, 1.54) is 12.1 Å². The molecule has 1 saturated heterocycles. The van der Waals surface area contributed by atoms with Gasteiger partial charge >= 0.3 is 0 Å². The fourth-order valence-electron chi connectivity index (χ4n) is 4.35. The van der Waals surface area contributed by atoms with Crippen molar-refractivity contribution < 1.29 is 19.0 Å². The number of methoxy groups -OCH3 is 1. The zero-order valence-electron chi connectivity index (χ0n) is 20.6. The molecule has 186 valence electrons. The predicted molar refractivity (Wildman–Crippen MR) is 134 cm³/mol. The predicted octanol–water partition coefficient (Wildman–Crippen LogP) is 3.39. The molecule has 1 aliphatic rings. The number of ether oxygens (including phenoxy) is 2. The van der Waals surface area contributed by atoms with Crippen LogP contribution in [0.4, 0.5) is 10.2 Å². The van der Waals surface area contributed by atoms with Crippen LogP contribution in [0.2, 0.25) is 0 Å². The van der Waals surface area contributed by atoms with Gasteiger partial charge in [-0.25, -0.2) is 14.4 Å². The van der Waals surface area contributed by atoms with E-state index in [-0.39, 0.29) is 12.4 Å². The first kappa shape index (κ1) is 24.9. The summed E-state index contributed by atoms with van der Waals surface area (Å²) in [6.45, 7) is 7.94. The zero-order chi connectivity index (χ0) is 24.8.